The topological polar surface area (TPSA) is 84.9 Å². The molecular formula is C15H26ClNO4. The number of unbranched alkanes of at least 4 members (excludes halogenated alkanes) is 2. The molecule has 0 heterocycles. The molecule has 1 aromatic carbocycles. The predicted molar refractivity (Wildman–Crippen MR) is 85.2 cm³/mol. The van der Waals surface area contributed by atoms with E-state index in [-0.39, 0.29) is 25.6 Å². The van der Waals surface area contributed by atoms with Crippen molar-refractivity contribution in [1.29, 1.82) is 0 Å². The lowest BCUT2D eigenvalue weighted by molar-refractivity contribution is 0.245. The molecule has 1 aromatic rings. The van der Waals surface area contributed by atoms with Gasteiger partial charge in [-0.15, -0.1) is 12.4 Å². The monoisotopic (exact) mass is 319 g/mol. The molecule has 0 aliphatic carbocycles. The van der Waals surface area contributed by atoms with Crippen molar-refractivity contribution in [2.75, 3.05) is 26.4 Å². The van der Waals surface area contributed by atoms with E-state index in [2.05, 4.69) is 0 Å². The van der Waals surface area contributed by atoms with Crippen LogP contribution >= 0.6 is 12.4 Å². The average Bonchev–Trinajstić information content (AvgIpc) is 2.48. The number of ether oxygens (including phenoxy) is 2. The summed E-state index contributed by atoms with van der Waals surface area (Å²) in [7, 11) is 0. The van der Waals surface area contributed by atoms with Crippen LogP contribution in [0.1, 0.15) is 31.2 Å². The fraction of sp³-hybridized carbons (Fsp3) is 0.600. The summed E-state index contributed by atoms with van der Waals surface area (Å²) in [5, 5.41) is 17.5. The molecule has 0 bridgehead atoms. The predicted octanol–water partition coefficient (Wildman–Crippen LogP) is 1.87. The van der Waals surface area contributed by atoms with Crippen molar-refractivity contribution >= 4 is 12.4 Å². The Kier molecular flexibility index (Phi) is 12.1. The molecule has 0 atom stereocenters. The number of nitrogens with two attached hydrogens (primary N) is 1. The SMILES string of the molecule is Cl.NCc1c(OCCCCO)cccc1OCCCCO. The molecular weight excluding hydrogens is 294 g/mol. The van der Waals surface area contributed by atoms with Crippen molar-refractivity contribution in [3.05, 3.63) is 23.8 Å². The highest BCUT2D eigenvalue weighted by Crippen LogP contribution is 2.28. The van der Waals surface area contributed by atoms with Crippen LogP contribution in [0.3, 0.4) is 0 Å². The van der Waals surface area contributed by atoms with E-state index < -0.39 is 0 Å². The van der Waals surface area contributed by atoms with Crippen molar-refractivity contribution in [2.45, 2.75) is 32.2 Å². The molecule has 0 radical (unpaired) electrons. The summed E-state index contributed by atoms with van der Waals surface area (Å²) in [6.45, 7) is 1.83. The second-order valence-corrected chi connectivity index (χ2v) is 4.50. The van der Waals surface area contributed by atoms with E-state index in [1.54, 1.807) is 0 Å². The van der Waals surface area contributed by atoms with Crippen LogP contribution < -0.4 is 15.2 Å². The molecule has 0 aliphatic heterocycles. The maximum Gasteiger partial charge on any atom is 0.127 e. The molecule has 4 N–H and O–H groups in total. The molecule has 21 heavy (non-hydrogen) atoms. The van der Waals surface area contributed by atoms with E-state index in [0.717, 1.165) is 42.7 Å². The molecule has 6 heteroatoms. The quantitative estimate of drug-likeness (QED) is 0.542. The van der Waals surface area contributed by atoms with Gasteiger partial charge in [0.05, 0.1) is 13.2 Å². The van der Waals surface area contributed by atoms with Crippen LogP contribution in [0, 0.1) is 0 Å². The molecule has 0 fully saturated rings. The number of hydrogen-bond acceptors (Lipinski definition) is 5. The molecule has 0 spiro atoms. The van der Waals surface area contributed by atoms with Gasteiger partial charge in [-0.05, 0) is 37.8 Å². The van der Waals surface area contributed by atoms with Gasteiger partial charge in [0.2, 0.25) is 0 Å². The van der Waals surface area contributed by atoms with E-state index in [1.165, 1.54) is 0 Å². The fourth-order valence-corrected chi connectivity index (χ4v) is 1.81. The number of halogens is 1. The Hall–Kier alpha value is -1.01. The lowest BCUT2D eigenvalue weighted by Gasteiger charge is -2.15. The van der Waals surface area contributed by atoms with E-state index >= 15 is 0 Å². The van der Waals surface area contributed by atoms with Gasteiger partial charge in [-0.2, -0.15) is 0 Å². The Bertz CT molecular complexity index is 346. The Balaban J connectivity index is 0.00000400. The van der Waals surface area contributed by atoms with Crippen LogP contribution in [0.25, 0.3) is 0 Å². The highest BCUT2D eigenvalue weighted by molar-refractivity contribution is 5.85. The third kappa shape index (κ3) is 7.52. The molecule has 0 unspecified atom stereocenters. The van der Waals surface area contributed by atoms with Crippen LogP contribution in [0.15, 0.2) is 18.2 Å². The second-order valence-electron chi connectivity index (χ2n) is 4.50. The molecule has 0 aliphatic rings. The third-order valence-electron chi connectivity index (χ3n) is 2.91. The molecule has 0 aromatic heterocycles. The highest BCUT2D eigenvalue weighted by Gasteiger charge is 2.09. The smallest absolute Gasteiger partial charge is 0.127 e. The average molecular weight is 320 g/mol. The minimum atomic E-state index is 0. The van der Waals surface area contributed by atoms with Crippen molar-refractivity contribution in [1.82, 2.24) is 0 Å². The van der Waals surface area contributed by atoms with Crippen molar-refractivity contribution in [2.24, 2.45) is 5.73 Å². The number of rotatable bonds is 11. The van der Waals surface area contributed by atoms with Gasteiger partial charge in [0.1, 0.15) is 11.5 Å². The lowest BCUT2D eigenvalue weighted by atomic mass is 10.1. The summed E-state index contributed by atoms with van der Waals surface area (Å²) < 4.78 is 11.4. The first-order valence-electron chi connectivity index (χ1n) is 7.12. The Morgan fingerprint density at radius 1 is 0.857 bits per heavy atom. The second kappa shape index (κ2) is 12.7. The van der Waals surface area contributed by atoms with Crippen LogP contribution in [0.2, 0.25) is 0 Å². The minimum Gasteiger partial charge on any atom is -0.493 e. The third-order valence-corrected chi connectivity index (χ3v) is 2.91. The van der Waals surface area contributed by atoms with Gasteiger partial charge in [0.25, 0.3) is 0 Å². The molecule has 122 valence electrons. The standard InChI is InChI=1S/C15H25NO4.ClH/c16-12-13-14(19-10-3-1-8-17)6-5-7-15(13)20-11-4-2-9-18;/h5-7,17-18H,1-4,8-12,16H2;1H. The number of hydrogen-bond donors (Lipinski definition) is 3. The van der Waals surface area contributed by atoms with Gasteiger partial charge in [0, 0.05) is 25.3 Å². The highest BCUT2D eigenvalue weighted by atomic mass is 35.5. The molecule has 0 amide bonds. The Morgan fingerprint density at radius 3 is 1.71 bits per heavy atom. The zero-order valence-corrected chi connectivity index (χ0v) is 13.1. The van der Waals surface area contributed by atoms with Crippen molar-refractivity contribution in [3.63, 3.8) is 0 Å². The van der Waals surface area contributed by atoms with E-state index in [9.17, 15) is 0 Å². The fourth-order valence-electron chi connectivity index (χ4n) is 1.81. The van der Waals surface area contributed by atoms with E-state index in [0.29, 0.717) is 19.8 Å². The van der Waals surface area contributed by atoms with Gasteiger partial charge >= 0.3 is 0 Å². The van der Waals surface area contributed by atoms with Crippen molar-refractivity contribution < 1.29 is 19.7 Å². The lowest BCUT2D eigenvalue weighted by Crippen LogP contribution is -2.08. The summed E-state index contributed by atoms with van der Waals surface area (Å²) in [6, 6.07) is 5.63. The van der Waals surface area contributed by atoms with Gasteiger partial charge in [-0.25, -0.2) is 0 Å². The Morgan fingerprint density at radius 2 is 1.33 bits per heavy atom. The van der Waals surface area contributed by atoms with Crippen LogP contribution in [0.5, 0.6) is 11.5 Å². The van der Waals surface area contributed by atoms with Gasteiger partial charge in [0.15, 0.2) is 0 Å². The largest absolute Gasteiger partial charge is 0.493 e. The van der Waals surface area contributed by atoms with Gasteiger partial charge < -0.3 is 25.4 Å². The maximum absolute atomic E-state index is 8.74. The molecule has 0 saturated heterocycles. The Labute approximate surface area is 132 Å². The van der Waals surface area contributed by atoms with Crippen LogP contribution in [0.4, 0.5) is 0 Å². The number of aliphatic hydroxyl groups is 2. The molecule has 0 saturated carbocycles. The summed E-state index contributed by atoms with van der Waals surface area (Å²) in [4.78, 5) is 0. The maximum atomic E-state index is 8.74. The van der Waals surface area contributed by atoms with E-state index in [4.69, 9.17) is 25.4 Å². The number of aliphatic hydroxyl groups excluding tert-OH is 2. The van der Waals surface area contributed by atoms with Gasteiger partial charge in [-0.3, -0.25) is 0 Å². The van der Waals surface area contributed by atoms with E-state index in [1.807, 2.05) is 18.2 Å². The summed E-state index contributed by atoms with van der Waals surface area (Å²) in [5.74, 6) is 1.48. The van der Waals surface area contributed by atoms with Crippen LogP contribution in [-0.2, 0) is 6.54 Å². The minimum absolute atomic E-state index is 0. The molecule has 1 rings (SSSR count). The van der Waals surface area contributed by atoms with Crippen molar-refractivity contribution in [3.8, 4) is 11.5 Å². The first-order chi connectivity index (χ1) is 9.83. The van der Waals surface area contributed by atoms with Gasteiger partial charge in [-0.1, -0.05) is 6.07 Å². The summed E-state index contributed by atoms with van der Waals surface area (Å²) >= 11 is 0. The first-order valence-corrected chi connectivity index (χ1v) is 7.12. The number of benzene rings is 1. The summed E-state index contributed by atoms with van der Waals surface area (Å²) in [6.07, 6.45) is 3.08. The zero-order chi connectivity index (χ0) is 14.6. The first kappa shape index (κ1) is 20.0. The normalized spacial score (nSPS) is 10.0. The summed E-state index contributed by atoms with van der Waals surface area (Å²) in [5.41, 5.74) is 6.63. The zero-order valence-electron chi connectivity index (χ0n) is 12.3. The molecule has 5 nitrogen and oxygen atoms in total. The van der Waals surface area contributed by atoms with Crippen LogP contribution in [-0.4, -0.2) is 36.6 Å².